The molecule has 0 fully saturated rings. The summed E-state index contributed by atoms with van der Waals surface area (Å²) < 4.78 is 1.41. The molecular formula is C30H42Cl2Si2Zr. The number of allylic oxidation sites excluding steroid dienone is 4. The van der Waals surface area contributed by atoms with Gasteiger partial charge in [0, 0.05) is 0 Å². The molecule has 0 spiro atoms. The first-order valence-corrected chi connectivity index (χ1v) is 22.9. The van der Waals surface area contributed by atoms with E-state index in [-0.39, 0.29) is 24.8 Å². The van der Waals surface area contributed by atoms with Gasteiger partial charge in [-0.15, -0.1) is 0 Å². The van der Waals surface area contributed by atoms with E-state index in [1.807, 2.05) is 0 Å². The summed E-state index contributed by atoms with van der Waals surface area (Å²) in [6.45, 7) is 24.3. The molecule has 0 saturated heterocycles. The molecule has 188 valence electrons. The molecule has 2 unspecified atom stereocenters. The maximum atomic E-state index is 2.74. The summed E-state index contributed by atoms with van der Waals surface area (Å²) in [5, 5.41) is 0. The SMILES string of the molecule is Cc1cc2c(cc1C)[CH]([Zr+2][CH]1C=C(C[Si](C)(C)C)c3cc(C)c(C)cc31)C=C2C[Si](C)(C)C.[Cl-].[Cl-]. The topological polar surface area (TPSA) is 0 Å². The van der Waals surface area contributed by atoms with Crippen LogP contribution in [-0.2, 0) is 23.2 Å². The second-order valence-electron chi connectivity index (χ2n) is 13.0. The zero-order valence-corrected chi connectivity index (χ0v) is 29.3. The molecular weight excluding hydrogens is 579 g/mol. The Bertz CT molecular complexity index is 1070. The fourth-order valence-electron chi connectivity index (χ4n) is 5.43. The van der Waals surface area contributed by atoms with E-state index in [4.69, 9.17) is 0 Å². The second kappa shape index (κ2) is 11.3. The molecule has 0 N–H and O–H groups in total. The Morgan fingerprint density at radius 1 is 0.571 bits per heavy atom. The molecule has 0 heterocycles. The molecule has 0 saturated carbocycles. The second-order valence-corrected chi connectivity index (χ2v) is 27.9. The van der Waals surface area contributed by atoms with Crippen molar-refractivity contribution < 1.29 is 48.0 Å². The Balaban J connectivity index is 0.00000216. The molecule has 35 heavy (non-hydrogen) atoms. The van der Waals surface area contributed by atoms with Crippen LogP contribution in [-0.4, -0.2) is 16.1 Å². The fraction of sp³-hybridized carbons (Fsp3) is 0.467. The van der Waals surface area contributed by atoms with E-state index in [1.54, 1.807) is 33.4 Å². The first-order chi connectivity index (χ1) is 15.2. The van der Waals surface area contributed by atoms with Gasteiger partial charge in [0.05, 0.1) is 0 Å². The summed E-state index contributed by atoms with van der Waals surface area (Å²) in [5.74, 6) is 0. The maximum Gasteiger partial charge on any atom is -1.00 e. The van der Waals surface area contributed by atoms with Crippen molar-refractivity contribution in [2.45, 2.75) is 86.3 Å². The molecule has 0 radical (unpaired) electrons. The molecule has 0 aliphatic heterocycles. The molecule has 0 amide bonds. The molecule has 0 nitrogen and oxygen atoms in total. The average Bonchev–Trinajstić information content (AvgIpc) is 3.12. The van der Waals surface area contributed by atoms with Crippen LogP contribution >= 0.6 is 0 Å². The van der Waals surface area contributed by atoms with Crippen LogP contribution in [0.5, 0.6) is 0 Å². The largest absolute Gasteiger partial charge is 1.00 e. The van der Waals surface area contributed by atoms with Crippen LogP contribution in [0.15, 0.2) is 36.4 Å². The van der Waals surface area contributed by atoms with Crippen LogP contribution in [0.1, 0.15) is 51.8 Å². The van der Waals surface area contributed by atoms with Gasteiger partial charge in [-0.25, -0.2) is 0 Å². The Morgan fingerprint density at radius 2 is 0.886 bits per heavy atom. The summed E-state index contributed by atoms with van der Waals surface area (Å²) in [4.78, 5) is 0. The number of aryl methyl sites for hydroxylation is 4. The van der Waals surface area contributed by atoms with Crippen molar-refractivity contribution in [3.05, 3.63) is 80.9 Å². The van der Waals surface area contributed by atoms with E-state index >= 15 is 0 Å². The van der Waals surface area contributed by atoms with Gasteiger partial charge in [-0.1, -0.05) is 0 Å². The molecule has 2 aliphatic rings. The quantitative estimate of drug-likeness (QED) is 0.435. The molecule has 2 aromatic carbocycles. The van der Waals surface area contributed by atoms with E-state index in [9.17, 15) is 0 Å². The van der Waals surface area contributed by atoms with Crippen molar-refractivity contribution in [3.8, 4) is 0 Å². The molecule has 2 aliphatic carbocycles. The summed E-state index contributed by atoms with van der Waals surface area (Å²) in [6.07, 6.45) is 5.47. The normalized spacial score (nSPS) is 18.6. The first kappa shape index (κ1) is 31.0. The predicted octanol–water partition coefficient (Wildman–Crippen LogP) is 3.26. The van der Waals surface area contributed by atoms with Gasteiger partial charge in [0.15, 0.2) is 0 Å². The van der Waals surface area contributed by atoms with E-state index in [0.29, 0.717) is 7.25 Å². The third kappa shape index (κ3) is 7.02. The third-order valence-corrected chi connectivity index (χ3v) is 14.2. The van der Waals surface area contributed by atoms with Gasteiger partial charge in [0.2, 0.25) is 0 Å². The standard InChI is InChI=1S/2C15H21Si.2ClH.Zr/c2*1-11-8-13-6-7-14(10-16(3,4)5)15(13)9-12(11)2;;;/h2*6-9H,10H2,1-5H3;2*1H;/q;;;;+2/p-2. The van der Waals surface area contributed by atoms with E-state index in [2.05, 4.69) is 103 Å². The molecule has 2 atom stereocenters. The van der Waals surface area contributed by atoms with Gasteiger partial charge < -0.3 is 24.8 Å². The molecule has 5 heteroatoms. The van der Waals surface area contributed by atoms with Gasteiger partial charge in [-0.05, 0) is 0 Å². The Morgan fingerprint density at radius 3 is 1.20 bits per heavy atom. The smallest absolute Gasteiger partial charge is 1.00 e. The molecule has 0 bridgehead atoms. The maximum absolute atomic E-state index is 2.74. The van der Waals surface area contributed by atoms with E-state index in [1.165, 1.54) is 34.3 Å². The minimum atomic E-state index is -1.16. The van der Waals surface area contributed by atoms with Crippen molar-refractivity contribution in [1.29, 1.82) is 0 Å². The van der Waals surface area contributed by atoms with Crippen LogP contribution in [0.3, 0.4) is 0 Å². The minimum absolute atomic E-state index is 0. The van der Waals surface area contributed by atoms with Crippen molar-refractivity contribution in [2.24, 2.45) is 0 Å². The van der Waals surface area contributed by atoms with Crippen molar-refractivity contribution in [1.82, 2.24) is 0 Å². The average molecular weight is 621 g/mol. The Kier molecular flexibility index (Phi) is 10.0. The zero-order chi connectivity index (χ0) is 24.3. The van der Waals surface area contributed by atoms with Gasteiger partial charge in [-0.3, -0.25) is 0 Å². The molecule has 0 aromatic heterocycles. The molecule has 2 aromatic rings. The van der Waals surface area contributed by atoms with Gasteiger partial charge in [0.1, 0.15) is 0 Å². The van der Waals surface area contributed by atoms with Crippen LogP contribution in [0.4, 0.5) is 0 Å². The minimum Gasteiger partial charge on any atom is -1.00 e. The van der Waals surface area contributed by atoms with Crippen molar-refractivity contribution in [2.75, 3.05) is 0 Å². The summed E-state index contributed by atoms with van der Waals surface area (Å²) >= 11 is -0.761. The van der Waals surface area contributed by atoms with Crippen molar-refractivity contribution in [3.63, 3.8) is 0 Å². The summed E-state index contributed by atoms with van der Waals surface area (Å²) in [5.41, 5.74) is 15.7. The number of benzene rings is 2. The first-order valence-electron chi connectivity index (χ1n) is 12.6. The number of rotatable bonds is 6. The van der Waals surface area contributed by atoms with Gasteiger partial charge in [0.25, 0.3) is 0 Å². The predicted molar refractivity (Wildman–Crippen MR) is 150 cm³/mol. The van der Waals surface area contributed by atoms with Gasteiger partial charge >= 0.3 is 218 Å². The van der Waals surface area contributed by atoms with Crippen LogP contribution < -0.4 is 24.8 Å². The van der Waals surface area contributed by atoms with E-state index < -0.39 is 39.4 Å². The number of halogens is 2. The van der Waals surface area contributed by atoms with Gasteiger partial charge in [-0.2, -0.15) is 0 Å². The van der Waals surface area contributed by atoms with Crippen LogP contribution in [0.25, 0.3) is 11.1 Å². The Labute approximate surface area is 240 Å². The summed E-state index contributed by atoms with van der Waals surface area (Å²) in [7, 11) is -2.32. The third-order valence-electron chi connectivity index (χ3n) is 7.23. The zero-order valence-electron chi connectivity index (χ0n) is 23.3. The summed E-state index contributed by atoms with van der Waals surface area (Å²) in [6, 6.07) is 12.8. The van der Waals surface area contributed by atoms with Crippen molar-refractivity contribution >= 4 is 27.3 Å². The number of fused-ring (bicyclic) bond motifs is 2. The number of hydrogen-bond acceptors (Lipinski definition) is 0. The van der Waals surface area contributed by atoms with Crippen LogP contribution in [0, 0.1) is 27.7 Å². The monoisotopic (exact) mass is 618 g/mol. The fourth-order valence-corrected chi connectivity index (χ4v) is 12.8. The van der Waals surface area contributed by atoms with Crippen LogP contribution in [0.2, 0.25) is 51.4 Å². The Hall–Kier alpha value is -0.183. The molecule has 4 rings (SSSR count). The number of hydrogen-bond donors (Lipinski definition) is 0. The van der Waals surface area contributed by atoms with E-state index in [0.717, 1.165) is 0 Å².